The summed E-state index contributed by atoms with van der Waals surface area (Å²) >= 11 is 0. The Labute approximate surface area is 151 Å². The number of benzene rings is 2. The van der Waals surface area contributed by atoms with Gasteiger partial charge in [-0.25, -0.2) is 0 Å². The van der Waals surface area contributed by atoms with Crippen molar-refractivity contribution in [3.63, 3.8) is 0 Å². The summed E-state index contributed by atoms with van der Waals surface area (Å²) in [7, 11) is 0. The van der Waals surface area contributed by atoms with Crippen LogP contribution in [0.1, 0.15) is 16.1 Å². The Morgan fingerprint density at radius 3 is 2.41 bits per heavy atom. The minimum absolute atomic E-state index is 0.0370. The monoisotopic (exact) mass is 377 g/mol. The van der Waals surface area contributed by atoms with Crippen molar-refractivity contribution in [2.75, 3.05) is 5.73 Å². The molecule has 7 nitrogen and oxygen atoms in total. The lowest BCUT2D eigenvalue weighted by Crippen LogP contribution is -2.24. The molecule has 1 aromatic heterocycles. The molecule has 0 aliphatic heterocycles. The molecule has 0 unspecified atom stereocenters. The molecule has 3 aromatic rings. The van der Waals surface area contributed by atoms with E-state index in [1.165, 1.54) is 12.1 Å². The molecule has 3 N–H and O–H groups in total. The third kappa shape index (κ3) is 4.54. The third-order valence-corrected chi connectivity index (χ3v) is 3.53. The molecule has 0 fully saturated rings. The van der Waals surface area contributed by atoms with Gasteiger partial charge in [0.1, 0.15) is 5.75 Å². The van der Waals surface area contributed by atoms with Crippen LogP contribution in [0.2, 0.25) is 0 Å². The zero-order valence-corrected chi connectivity index (χ0v) is 13.8. The molecule has 0 radical (unpaired) electrons. The fourth-order valence-electron chi connectivity index (χ4n) is 2.29. The van der Waals surface area contributed by atoms with Gasteiger partial charge in [0.05, 0.1) is 5.69 Å². The van der Waals surface area contributed by atoms with E-state index in [1.807, 2.05) is 30.3 Å². The van der Waals surface area contributed by atoms with Gasteiger partial charge in [-0.05, 0) is 29.8 Å². The highest BCUT2D eigenvalue weighted by atomic mass is 19.4. The Hall–Kier alpha value is -3.56. The lowest BCUT2D eigenvalue weighted by molar-refractivity contribution is -0.274. The molecule has 0 saturated heterocycles. The first kappa shape index (κ1) is 18.2. The van der Waals surface area contributed by atoms with Crippen molar-refractivity contribution in [1.82, 2.24) is 20.3 Å². The van der Waals surface area contributed by atoms with Crippen LogP contribution >= 0.6 is 0 Å². The molecule has 0 aliphatic rings. The molecular weight excluding hydrogens is 363 g/mol. The minimum Gasteiger partial charge on any atom is -0.406 e. The molecule has 1 heterocycles. The molecule has 1 amide bonds. The van der Waals surface area contributed by atoms with Crippen LogP contribution in [-0.4, -0.2) is 27.3 Å². The molecule has 0 bridgehead atoms. The summed E-state index contributed by atoms with van der Waals surface area (Å²) in [5.74, 6) is -0.935. The van der Waals surface area contributed by atoms with Gasteiger partial charge in [-0.15, -0.1) is 18.3 Å². The van der Waals surface area contributed by atoms with Crippen LogP contribution in [-0.2, 0) is 6.54 Å². The average Bonchev–Trinajstić information content (AvgIpc) is 3.01. The predicted octanol–water partition coefficient (Wildman–Crippen LogP) is 2.68. The number of hydrogen-bond acceptors (Lipinski definition) is 5. The number of hydrogen-bond donors (Lipinski definition) is 2. The second-order valence-electron chi connectivity index (χ2n) is 5.45. The first-order valence-electron chi connectivity index (χ1n) is 7.73. The lowest BCUT2D eigenvalue weighted by atomic mass is 10.2. The fraction of sp³-hybridized carbons (Fsp3) is 0.118. The van der Waals surface area contributed by atoms with Crippen molar-refractivity contribution >= 4 is 11.7 Å². The number of alkyl halides is 3. The van der Waals surface area contributed by atoms with Gasteiger partial charge in [-0.2, -0.15) is 4.68 Å². The summed E-state index contributed by atoms with van der Waals surface area (Å²) in [5, 5.41) is 10.2. The minimum atomic E-state index is -4.78. The maximum Gasteiger partial charge on any atom is 0.573 e. The van der Waals surface area contributed by atoms with E-state index in [-0.39, 0.29) is 23.8 Å². The van der Waals surface area contributed by atoms with Gasteiger partial charge < -0.3 is 15.8 Å². The number of aromatic nitrogens is 3. The van der Waals surface area contributed by atoms with Crippen molar-refractivity contribution in [1.29, 1.82) is 0 Å². The van der Waals surface area contributed by atoms with E-state index in [0.717, 1.165) is 22.4 Å². The molecule has 0 spiro atoms. The zero-order valence-electron chi connectivity index (χ0n) is 13.8. The van der Waals surface area contributed by atoms with Crippen LogP contribution < -0.4 is 15.8 Å². The standard InChI is InChI=1S/C17H14F3N5O2/c18-17(19,20)27-13-8-6-12(7-9-13)25-15(21)14(23-24-25)16(26)22-10-11-4-2-1-3-5-11/h1-9H,10,21H2,(H,22,26). The zero-order chi connectivity index (χ0) is 19.4. The maximum absolute atomic E-state index is 12.2. The molecule has 2 aromatic carbocycles. The predicted molar refractivity (Wildman–Crippen MR) is 90.1 cm³/mol. The number of halogens is 3. The largest absolute Gasteiger partial charge is 0.573 e. The van der Waals surface area contributed by atoms with Crippen LogP contribution in [0.5, 0.6) is 5.75 Å². The van der Waals surface area contributed by atoms with Gasteiger partial charge in [0.15, 0.2) is 11.5 Å². The first-order valence-corrected chi connectivity index (χ1v) is 7.73. The van der Waals surface area contributed by atoms with E-state index in [9.17, 15) is 18.0 Å². The Balaban J connectivity index is 1.72. The van der Waals surface area contributed by atoms with Crippen LogP contribution in [0, 0.1) is 0 Å². The highest BCUT2D eigenvalue weighted by Gasteiger charge is 2.31. The van der Waals surface area contributed by atoms with E-state index in [1.54, 1.807) is 0 Å². The molecule has 27 heavy (non-hydrogen) atoms. The number of nitrogens with zero attached hydrogens (tertiary/aromatic N) is 3. The van der Waals surface area contributed by atoms with Gasteiger partial charge >= 0.3 is 6.36 Å². The van der Waals surface area contributed by atoms with E-state index >= 15 is 0 Å². The van der Waals surface area contributed by atoms with Crippen LogP contribution in [0.25, 0.3) is 5.69 Å². The second kappa shape index (κ2) is 7.36. The summed E-state index contributed by atoms with van der Waals surface area (Å²) in [6, 6.07) is 14.1. The fourth-order valence-corrected chi connectivity index (χ4v) is 2.29. The van der Waals surface area contributed by atoms with Crippen LogP contribution in [0.4, 0.5) is 19.0 Å². The second-order valence-corrected chi connectivity index (χ2v) is 5.45. The average molecular weight is 377 g/mol. The lowest BCUT2D eigenvalue weighted by Gasteiger charge is -2.09. The van der Waals surface area contributed by atoms with E-state index < -0.39 is 12.3 Å². The van der Waals surface area contributed by atoms with Gasteiger partial charge in [0, 0.05) is 6.54 Å². The van der Waals surface area contributed by atoms with Crippen molar-refractivity contribution in [2.24, 2.45) is 0 Å². The summed E-state index contributed by atoms with van der Waals surface area (Å²) in [4.78, 5) is 12.2. The molecule has 0 saturated carbocycles. The Kier molecular flexibility index (Phi) is 4.97. The number of nitrogens with one attached hydrogen (secondary N) is 1. The van der Waals surface area contributed by atoms with Crippen molar-refractivity contribution in [2.45, 2.75) is 12.9 Å². The quantitative estimate of drug-likeness (QED) is 0.713. The Morgan fingerprint density at radius 1 is 1.11 bits per heavy atom. The highest BCUT2D eigenvalue weighted by Crippen LogP contribution is 2.24. The molecule has 0 atom stereocenters. The van der Waals surface area contributed by atoms with Gasteiger partial charge in [-0.3, -0.25) is 4.79 Å². The topological polar surface area (TPSA) is 95.1 Å². The van der Waals surface area contributed by atoms with Crippen molar-refractivity contribution < 1.29 is 22.7 Å². The van der Waals surface area contributed by atoms with Crippen molar-refractivity contribution in [3.05, 3.63) is 65.9 Å². The third-order valence-electron chi connectivity index (χ3n) is 3.53. The van der Waals surface area contributed by atoms with E-state index in [2.05, 4.69) is 20.4 Å². The molecule has 10 heteroatoms. The summed E-state index contributed by atoms with van der Waals surface area (Å²) < 4.78 is 41.6. The van der Waals surface area contributed by atoms with E-state index in [4.69, 9.17) is 5.73 Å². The molecule has 140 valence electrons. The van der Waals surface area contributed by atoms with Gasteiger partial charge in [0.2, 0.25) is 0 Å². The van der Waals surface area contributed by atoms with Crippen molar-refractivity contribution in [3.8, 4) is 11.4 Å². The van der Waals surface area contributed by atoms with Gasteiger partial charge in [0.25, 0.3) is 5.91 Å². The van der Waals surface area contributed by atoms with Gasteiger partial charge in [-0.1, -0.05) is 35.5 Å². The Bertz CT molecular complexity index is 924. The number of nitrogen functional groups attached to an aromatic ring is 1. The summed E-state index contributed by atoms with van der Waals surface area (Å²) in [5.41, 5.74) is 7.06. The smallest absolute Gasteiger partial charge is 0.406 e. The molecule has 0 aliphatic carbocycles. The normalized spacial score (nSPS) is 11.2. The molecular formula is C17H14F3N5O2. The molecule has 3 rings (SSSR count). The van der Waals surface area contributed by atoms with Crippen LogP contribution in [0.15, 0.2) is 54.6 Å². The Morgan fingerprint density at radius 2 is 1.78 bits per heavy atom. The summed E-state index contributed by atoms with van der Waals surface area (Å²) in [6.07, 6.45) is -4.78. The summed E-state index contributed by atoms with van der Waals surface area (Å²) in [6.45, 7) is 0.287. The maximum atomic E-state index is 12.2. The first-order chi connectivity index (χ1) is 12.8. The number of anilines is 1. The number of ether oxygens (including phenoxy) is 1. The SMILES string of the molecule is Nc1c(C(=O)NCc2ccccc2)nnn1-c1ccc(OC(F)(F)F)cc1. The number of nitrogens with two attached hydrogens (primary N) is 1. The van der Waals surface area contributed by atoms with Crippen LogP contribution in [0.3, 0.4) is 0 Å². The number of rotatable bonds is 5. The highest BCUT2D eigenvalue weighted by molar-refractivity contribution is 5.96. The number of amides is 1. The number of carbonyl (C=O) groups is 1. The number of carbonyl (C=O) groups excluding carboxylic acids is 1. The van der Waals surface area contributed by atoms with E-state index in [0.29, 0.717) is 5.69 Å².